The van der Waals surface area contributed by atoms with Crippen molar-refractivity contribution in [2.45, 2.75) is 132 Å². The molecule has 0 bridgehead atoms. The van der Waals surface area contributed by atoms with Crippen molar-refractivity contribution in [3.63, 3.8) is 0 Å². The van der Waals surface area contributed by atoms with Crippen molar-refractivity contribution in [1.29, 1.82) is 0 Å². The molecule has 1 aromatic rings. The number of fused-ring (bicyclic) bond motifs is 7. The van der Waals surface area contributed by atoms with Gasteiger partial charge in [0.25, 0.3) is 0 Å². The van der Waals surface area contributed by atoms with Gasteiger partial charge < -0.3 is 15.3 Å². The number of aromatic carboxylic acids is 1. The quantitative estimate of drug-likeness (QED) is 0.283. The van der Waals surface area contributed by atoms with Gasteiger partial charge in [-0.3, -0.25) is 4.79 Å². The Hall–Kier alpha value is -2.14. The largest absolute Gasteiger partial charge is 0.478 e. The van der Waals surface area contributed by atoms with Gasteiger partial charge in [-0.05, 0) is 144 Å². The highest BCUT2D eigenvalue weighted by Gasteiger charge is 2.69. The van der Waals surface area contributed by atoms with E-state index in [0.717, 1.165) is 69.1 Å². The van der Waals surface area contributed by atoms with Crippen LogP contribution in [0.5, 0.6) is 0 Å². The maximum absolute atomic E-state index is 12.1. The van der Waals surface area contributed by atoms with Gasteiger partial charge in [-0.25, -0.2) is 4.79 Å². The van der Waals surface area contributed by atoms with Crippen LogP contribution >= 0.6 is 0 Å². The zero-order valence-corrected chi connectivity index (χ0v) is 32.3. The number of benzene rings is 1. The summed E-state index contributed by atoms with van der Waals surface area (Å²) in [4.78, 5) is 25.7. The fraction of sp³-hybridized carbons (Fsp3) is 0.773. The third-order valence-corrected chi connectivity index (χ3v) is 15.8. The summed E-state index contributed by atoms with van der Waals surface area (Å²) >= 11 is 0. The van der Waals surface area contributed by atoms with Crippen LogP contribution in [0, 0.1) is 56.7 Å². The monoisotopic (exact) mass is 673 g/mol. The first-order chi connectivity index (χ1) is 23.1. The van der Waals surface area contributed by atoms with Gasteiger partial charge in [0.05, 0.1) is 5.56 Å². The lowest BCUT2D eigenvalue weighted by Crippen LogP contribution is -2.65. The smallest absolute Gasteiger partial charge is 0.335 e. The molecule has 8 atom stereocenters. The second-order valence-electron chi connectivity index (χ2n) is 19.3. The Morgan fingerprint density at radius 3 is 2.24 bits per heavy atom. The molecule has 1 amide bonds. The molecule has 0 spiro atoms. The Bertz CT molecular complexity index is 1410. The molecular formula is C44H68N2O3. The van der Waals surface area contributed by atoms with Gasteiger partial charge in [0.15, 0.2) is 0 Å². The van der Waals surface area contributed by atoms with E-state index in [2.05, 4.69) is 71.7 Å². The maximum Gasteiger partial charge on any atom is 0.335 e. The van der Waals surface area contributed by atoms with Crippen LogP contribution in [0.15, 0.2) is 30.3 Å². The van der Waals surface area contributed by atoms with Crippen molar-refractivity contribution in [3.05, 3.63) is 41.5 Å². The van der Waals surface area contributed by atoms with E-state index in [1.165, 1.54) is 68.9 Å². The molecule has 1 aliphatic heterocycles. The van der Waals surface area contributed by atoms with Gasteiger partial charge in [0.2, 0.25) is 5.91 Å². The molecule has 5 fully saturated rings. The zero-order valence-electron chi connectivity index (χ0n) is 32.3. The Morgan fingerprint density at radius 2 is 1.59 bits per heavy atom. The standard InChI is InChI=1S/C40H58N2O3.C4H10/c1-36(2)29(27-10-12-28(13-11-27)35(44)45)16-19-37(3)32(36)17-20-39(5)33(37)15-14-30-31-8-6-18-40(31,22-21-38(30,39)4)26-41-23-25-42-24-7-9-34(42)43;1-4(2)3/h10-13,16,30-33,41H,6-9,14-15,17-26H2,1-5H3,(H,44,45);4H,1-3H3/t30?,31?,32?,33?,37?,38-,39?,40-;/m1./s1. The predicted octanol–water partition coefficient (Wildman–Crippen LogP) is 10.1. The summed E-state index contributed by atoms with van der Waals surface area (Å²) in [7, 11) is 0. The number of carboxylic acids is 1. The van der Waals surface area contributed by atoms with Crippen LogP contribution in [-0.4, -0.2) is 48.1 Å². The minimum atomic E-state index is -0.856. The summed E-state index contributed by atoms with van der Waals surface area (Å²) < 4.78 is 0. The predicted molar refractivity (Wildman–Crippen MR) is 201 cm³/mol. The highest BCUT2D eigenvalue weighted by molar-refractivity contribution is 5.88. The van der Waals surface area contributed by atoms with E-state index in [1.807, 2.05) is 12.1 Å². The van der Waals surface area contributed by atoms with Crippen LogP contribution in [-0.2, 0) is 4.79 Å². The van der Waals surface area contributed by atoms with Crippen LogP contribution in [0.2, 0.25) is 0 Å². The maximum atomic E-state index is 12.1. The second-order valence-corrected chi connectivity index (χ2v) is 19.3. The van der Waals surface area contributed by atoms with Crippen molar-refractivity contribution < 1.29 is 14.7 Å². The molecule has 49 heavy (non-hydrogen) atoms. The number of nitrogens with one attached hydrogen (secondary N) is 1. The minimum absolute atomic E-state index is 0.0509. The molecule has 0 aromatic heterocycles. The Morgan fingerprint density at radius 1 is 0.878 bits per heavy atom. The topological polar surface area (TPSA) is 69.6 Å². The number of carbonyl (C=O) groups is 2. The Kier molecular flexibility index (Phi) is 10.1. The van der Waals surface area contributed by atoms with Crippen molar-refractivity contribution in [2.75, 3.05) is 26.2 Å². The molecule has 5 heteroatoms. The Balaban J connectivity index is 0.000000989. The number of hydrogen-bond donors (Lipinski definition) is 2. The average molecular weight is 673 g/mol. The lowest BCUT2D eigenvalue weighted by atomic mass is 9.32. The first kappa shape index (κ1) is 36.6. The van der Waals surface area contributed by atoms with E-state index in [1.54, 1.807) is 12.1 Å². The molecule has 6 aliphatic rings. The summed E-state index contributed by atoms with van der Waals surface area (Å²) in [6, 6.07) is 7.63. The van der Waals surface area contributed by atoms with Gasteiger partial charge in [-0.1, -0.05) is 80.0 Å². The molecule has 5 nitrogen and oxygen atoms in total. The van der Waals surface area contributed by atoms with Crippen LogP contribution in [0.25, 0.3) is 5.57 Å². The third kappa shape index (κ3) is 6.14. The molecule has 1 heterocycles. The summed E-state index contributed by atoms with van der Waals surface area (Å²) in [6.45, 7) is 23.5. The fourth-order valence-corrected chi connectivity index (χ4v) is 13.4. The number of rotatable bonds is 7. The molecule has 5 aliphatic carbocycles. The van der Waals surface area contributed by atoms with Gasteiger partial charge in [0.1, 0.15) is 0 Å². The van der Waals surface area contributed by atoms with Crippen molar-refractivity contribution in [2.24, 2.45) is 56.7 Å². The summed E-state index contributed by atoms with van der Waals surface area (Å²) in [5.41, 5.74) is 4.52. The number of nitrogens with zero attached hydrogens (tertiary/aromatic N) is 1. The number of carbonyl (C=O) groups excluding carboxylic acids is 1. The van der Waals surface area contributed by atoms with Crippen LogP contribution in [0.1, 0.15) is 148 Å². The molecule has 272 valence electrons. The zero-order chi connectivity index (χ0) is 35.4. The van der Waals surface area contributed by atoms with Crippen LogP contribution in [0.4, 0.5) is 0 Å². The van der Waals surface area contributed by atoms with E-state index < -0.39 is 5.97 Å². The van der Waals surface area contributed by atoms with Crippen molar-refractivity contribution >= 4 is 17.4 Å². The Labute approximate surface area is 298 Å². The van der Waals surface area contributed by atoms with Gasteiger partial charge >= 0.3 is 5.97 Å². The lowest BCUT2D eigenvalue weighted by molar-refractivity contribution is -0.222. The first-order valence-electron chi connectivity index (χ1n) is 20.1. The van der Waals surface area contributed by atoms with Gasteiger partial charge in [0, 0.05) is 32.6 Å². The highest BCUT2D eigenvalue weighted by Crippen LogP contribution is 2.77. The van der Waals surface area contributed by atoms with Crippen molar-refractivity contribution in [1.82, 2.24) is 10.2 Å². The van der Waals surface area contributed by atoms with Crippen LogP contribution < -0.4 is 5.32 Å². The van der Waals surface area contributed by atoms with Crippen molar-refractivity contribution in [3.8, 4) is 0 Å². The number of carboxylic acid groups (broad SMARTS) is 1. The molecule has 4 saturated carbocycles. The molecule has 2 N–H and O–H groups in total. The lowest BCUT2D eigenvalue weighted by Gasteiger charge is -2.72. The van der Waals surface area contributed by atoms with E-state index in [9.17, 15) is 14.7 Å². The van der Waals surface area contributed by atoms with E-state index in [4.69, 9.17) is 0 Å². The van der Waals surface area contributed by atoms with E-state index >= 15 is 0 Å². The average Bonchev–Trinajstić information content (AvgIpc) is 3.65. The van der Waals surface area contributed by atoms with Gasteiger partial charge in [-0.2, -0.15) is 0 Å². The summed E-state index contributed by atoms with van der Waals surface area (Å²) in [5, 5.41) is 13.3. The molecule has 7 rings (SSSR count). The molecule has 1 saturated heterocycles. The highest BCUT2D eigenvalue weighted by atomic mass is 16.4. The molecule has 0 radical (unpaired) electrons. The molecule has 6 unspecified atom stereocenters. The minimum Gasteiger partial charge on any atom is -0.478 e. The number of allylic oxidation sites excluding steroid dienone is 2. The van der Waals surface area contributed by atoms with Gasteiger partial charge in [-0.15, -0.1) is 0 Å². The number of amides is 1. The first-order valence-corrected chi connectivity index (χ1v) is 20.1. The SMILES string of the molecule is CC(C)C.CC1(C)C(c2ccc(C(=O)O)cc2)=CCC2(C)C1CCC1(C)C2CCC2C3CCC[C@]3(CNCCN3CCCC3=O)CC[C@]21C. The molecule has 1 aromatic carbocycles. The normalized spacial score (nSPS) is 39.2. The number of hydrogen-bond acceptors (Lipinski definition) is 3. The fourth-order valence-electron chi connectivity index (χ4n) is 13.4. The third-order valence-electron chi connectivity index (χ3n) is 15.8. The van der Waals surface area contributed by atoms with E-state index in [-0.39, 0.29) is 10.8 Å². The summed E-state index contributed by atoms with van der Waals surface area (Å²) in [6.07, 6.45) is 17.8. The number of likely N-dealkylation sites (tertiary alicyclic amines) is 1. The van der Waals surface area contributed by atoms with Crippen LogP contribution in [0.3, 0.4) is 0 Å². The molecular weight excluding hydrogens is 604 g/mol. The summed E-state index contributed by atoms with van der Waals surface area (Å²) in [5.74, 6) is 3.35. The van der Waals surface area contributed by atoms with E-state index in [0.29, 0.717) is 33.6 Å². The second kappa shape index (κ2) is 13.4.